The highest BCUT2D eigenvalue weighted by Gasteiger charge is 2.28. The predicted octanol–water partition coefficient (Wildman–Crippen LogP) is 4.93. The van der Waals surface area contributed by atoms with Gasteiger partial charge in [0.15, 0.2) is 11.5 Å². The molecule has 3 aromatic rings. The fraction of sp³-hybridized carbons (Fsp3) is 0.250. The van der Waals surface area contributed by atoms with Crippen molar-refractivity contribution < 1.29 is 19.1 Å². The van der Waals surface area contributed by atoms with E-state index in [0.29, 0.717) is 54.6 Å². The van der Waals surface area contributed by atoms with E-state index in [-0.39, 0.29) is 17.7 Å². The summed E-state index contributed by atoms with van der Waals surface area (Å²) in [4.78, 5) is 27.0. The first-order chi connectivity index (χ1) is 17.5. The van der Waals surface area contributed by atoms with Gasteiger partial charge in [-0.25, -0.2) is 5.43 Å². The molecule has 0 unspecified atom stereocenters. The molecule has 0 atom stereocenters. The Kier molecular flexibility index (Phi) is 8.57. The number of benzene rings is 3. The second kappa shape index (κ2) is 12.2. The van der Waals surface area contributed by atoms with Crippen LogP contribution in [0.25, 0.3) is 0 Å². The third-order valence-corrected chi connectivity index (χ3v) is 6.40. The maximum atomic E-state index is 12.7. The molecule has 1 aliphatic heterocycles. The van der Waals surface area contributed by atoms with Crippen LogP contribution < -0.4 is 14.9 Å². The smallest absolute Gasteiger partial charge is 0.255 e. The van der Waals surface area contributed by atoms with E-state index in [1.165, 1.54) is 0 Å². The summed E-state index contributed by atoms with van der Waals surface area (Å²) in [7, 11) is 1.58. The topological polar surface area (TPSA) is 80.2 Å². The zero-order valence-corrected chi connectivity index (χ0v) is 20.8. The van der Waals surface area contributed by atoms with Gasteiger partial charge in [0.25, 0.3) is 5.91 Å². The fourth-order valence-electron chi connectivity index (χ4n) is 4.03. The number of likely N-dealkylation sites (tertiary alicyclic amines) is 1. The van der Waals surface area contributed by atoms with E-state index < -0.39 is 0 Å². The van der Waals surface area contributed by atoms with Crippen LogP contribution in [0.2, 0.25) is 5.02 Å². The Labute approximate surface area is 215 Å². The number of hydrogen-bond donors (Lipinski definition) is 1. The number of piperidine rings is 1. The van der Waals surface area contributed by atoms with E-state index in [1.54, 1.807) is 48.6 Å². The van der Waals surface area contributed by atoms with Gasteiger partial charge < -0.3 is 14.4 Å². The molecule has 7 nitrogen and oxygen atoms in total. The number of carbonyl (C=O) groups excluding carboxylic acids is 2. The molecule has 0 aromatic heterocycles. The Morgan fingerprint density at radius 3 is 2.47 bits per heavy atom. The summed E-state index contributed by atoms with van der Waals surface area (Å²) in [5.74, 6) is 0.728. The van der Waals surface area contributed by atoms with E-state index in [0.717, 1.165) is 11.1 Å². The van der Waals surface area contributed by atoms with Crippen molar-refractivity contribution in [3.63, 3.8) is 0 Å². The van der Waals surface area contributed by atoms with Gasteiger partial charge in [-0.15, -0.1) is 0 Å². The third-order valence-electron chi connectivity index (χ3n) is 6.07. The summed E-state index contributed by atoms with van der Waals surface area (Å²) in [6.45, 7) is 1.42. The van der Waals surface area contributed by atoms with Crippen LogP contribution in [-0.4, -0.2) is 43.1 Å². The highest BCUT2D eigenvalue weighted by atomic mass is 35.5. The van der Waals surface area contributed by atoms with E-state index in [4.69, 9.17) is 21.1 Å². The lowest BCUT2D eigenvalue weighted by Gasteiger charge is -2.31. The van der Waals surface area contributed by atoms with Crippen LogP contribution in [0.3, 0.4) is 0 Å². The van der Waals surface area contributed by atoms with E-state index >= 15 is 0 Å². The molecule has 3 aromatic carbocycles. The number of rotatable bonds is 8. The molecule has 1 saturated heterocycles. The molecule has 0 spiro atoms. The van der Waals surface area contributed by atoms with Crippen LogP contribution in [0.5, 0.6) is 11.5 Å². The van der Waals surface area contributed by atoms with Crippen molar-refractivity contribution >= 4 is 29.6 Å². The molecule has 186 valence electrons. The van der Waals surface area contributed by atoms with Crippen molar-refractivity contribution in [2.24, 2.45) is 11.0 Å². The van der Waals surface area contributed by atoms with Crippen molar-refractivity contribution in [3.05, 3.63) is 94.5 Å². The lowest BCUT2D eigenvalue weighted by atomic mass is 9.95. The monoisotopic (exact) mass is 505 g/mol. The number of amides is 2. The number of nitrogens with one attached hydrogen (secondary N) is 1. The van der Waals surface area contributed by atoms with Gasteiger partial charge in [-0.2, -0.15) is 5.10 Å². The normalized spacial score (nSPS) is 14.0. The van der Waals surface area contributed by atoms with Crippen LogP contribution in [0.1, 0.15) is 34.3 Å². The predicted molar refractivity (Wildman–Crippen MR) is 140 cm³/mol. The standard InChI is InChI=1S/C28H28ClN3O4/c1-35-26-17-21(11-12-25(26)36-19-20-7-3-2-4-8-20)18-30-31-27(33)22-13-15-32(16-14-22)28(34)23-9-5-6-10-24(23)29/h2-12,17-18,22H,13-16,19H2,1H3,(H,31,33)/b30-18-. The summed E-state index contributed by atoms with van der Waals surface area (Å²) in [5.41, 5.74) is 4.93. The molecule has 4 rings (SSSR count). The van der Waals surface area contributed by atoms with E-state index in [1.807, 2.05) is 42.5 Å². The molecule has 1 heterocycles. The van der Waals surface area contributed by atoms with Gasteiger partial charge in [0, 0.05) is 19.0 Å². The van der Waals surface area contributed by atoms with Crippen molar-refractivity contribution in [1.29, 1.82) is 0 Å². The van der Waals surface area contributed by atoms with Gasteiger partial charge >= 0.3 is 0 Å². The first-order valence-corrected chi connectivity index (χ1v) is 12.1. The second-order valence-electron chi connectivity index (χ2n) is 8.47. The number of carbonyl (C=O) groups is 2. The largest absolute Gasteiger partial charge is 0.493 e. The summed E-state index contributed by atoms with van der Waals surface area (Å²) < 4.78 is 11.3. The summed E-state index contributed by atoms with van der Waals surface area (Å²) in [5, 5.41) is 4.54. The Bertz CT molecular complexity index is 1220. The number of ether oxygens (including phenoxy) is 2. The van der Waals surface area contributed by atoms with Crippen molar-refractivity contribution in [2.45, 2.75) is 19.4 Å². The minimum Gasteiger partial charge on any atom is -0.493 e. The Hall–Kier alpha value is -3.84. The molecule has 1 N–H and O–H groups in total. The SMILES string of the molecule is COc1cc(/C=N\NC(=O)C2CCN(C(=O)c3ccccc3Cl)CC2)ccc1OCc1ccccc1. The van der Waals surface area contributed by atoms with Gasteiger partial charge in [0.05, 0.1) is 23.9 Å². The molecule has 2 amide bonds. The van der Waals surface area contributed by atoms with E-state index in [2.05, 4.69) is 10.5 Å². The van der Waals surface area contributed by atoms with Crippen LogP contribution in [-0.2, 0) is 11.4 Å². The minimum atomic E-state index is -0.208. The molecule has 8 heteroatoms. The van der Waals surface area contributed by atoms with Gasteiger partial charge in [-0.3, -0.25) is 9.59 Å². The first kappa shape index (κ1) is 25.3. The highest BCUT2D eigenvalue weighted by molar-refractivity contribution is 6.33. The average Bonchev–Trinajstić information content (AvgIpc) is 2.92. The first-order valence-electron chi connectivity index (χ1n) is 11.8. The molecule has 1 fully saturated rings. The number of methoxy groups -OCH3 is 1. The van der Waals surface area contributed by atoms with Crippen LogP contribution in [0.15, 0.2) is 77.9 Å². The number of hydrazone groups is 1. The molecular weight excluding hydrogens is 478 g/mol. The van der Waals surface area contributed by atoms with Crippen LogP contribution in [0.4, 0.5) is 0 Å². The van der Waals surface area contributed by atoms with Crippen molar-refractivity contribution in [2.75, 3.05) is 20.2 Å². The zero-order chi connectivity index (χ0) is 25.3. The Morgan fingerprint density at radius 2 is 1.75 bits per heavy atom. The maximum absolute atomic E-state index is 12.7. The van der Waals surface area contributed by atoms with Gasteiger partial charge in [-0.05, 0) is 54.3 Å². The number of hydrogen-bond acceptors (Lipinski definition) is 5. The van der Waals surface area contributed by atoms with Gasteiger partial charge in [0.1, 0.15) is 6.61 Å². The number of halogens is 1. The minimum absolute atomic E-state index is 0.109. The van der Waals surface area contributed by atoms with Crippen LogP contribution >= 0.6 is 11.6 Å². The van der Waals surface area contributed by atoms with Gasteiger partial charge in [0.2, 0.25) is 5.91 Å². The van der Waals surface area contributed by atoms with Gasteiger partial charge in [-0.1, -0.05) is 54.1 Å². The summed E-state index contributed by atoms with van der Waals surface area (Å²) in [6, 6.07) is 22.3. The Balaban J connectivity index is 1.27. The number of nitrogens with zero attached hydrogens (tertiary/aromatic N) is 2. The molecule has 36 heavy (non-hydrogen) atoms. The Morgan fingerprint density at radius 1 is 1.03 bits per heavy atom. The molecule has 0 bridgehead atoms. The zero-order valence-electron chi connectivity index (χ0n) is 20.0. The molecule has 1 aliphatic rings. The summed E-state index contributed by atoms with van der Waals surface area (Å²) in [6.07, 6.45) is 2.70. The molecule has 0 saturated carbocycles. The highest BCUT2D eigenvalue weighted by Crippen LogP contribution is 2.28. The van der Waals surface area contributed by atoms with Crippen LogP contribution in [0, 0.1) is 5.92 Å². The lowest BCUT2D eigenvalue weighted by Crippen LogP contribution is -2.42. The second-order valence-corrected chi connectivity index (χ2v) is 8.87. The van der Waals surface area contributed by atoms with Crippen molar-refractivity contribution in [1.82, 2.24) is 10.3 Å². The maximum Gasteiger partial charge on any atom is 0.255 e. The van der Waals surface area contributed by atoms with E-state index in [9.17, 15) is 9.59 Å². The fourth-order valence-corrected chi connectivity index (χ4v) is 4.25. The van der Waals surface area contributed by atoms with Crippen molar-refractivity contribution in [3.8, 4) is 11.5 Å². The summed E-state index contributed by atoms with van der Waals surface area (Å²) >= 11 is 6.15. The lowest BCUT2D eigenvalue weighted by molar-refractivity contribution is -0.126. The quantitative estimate of drug-likeness (QED) is 0.348. The molecule has 0 radical (unpaired) electrons. The molecule has 0 aliphatic carbocycles. The third kappa shape index (κ3) is 6.43. The average molecular weight is 506 g/mol. The molecular formula is C28H28ClN3O4.